The van der Waals surface area contributed by atoms with E-state index in [4.69, 9.17) is 4.74 Å². The molecular weight excluding hydrogens is 184 g/mol. The van der Waals surface area contributed by atoms with Gasteiger partial charge in [0, 0.05) is 20.0 Å². The van der Waals surface area contributed by atoms with E-state index in [1.807, 2.05) is 13.8 Å². The van der Waals surface area contributed by atoms with Crippen molar-refractivity contribution < 1.29 is 19.1 Å². The minimum absolute atomic E-state index is 0.255. The van der Waals surface area contributed by atoms with Gasteiger partial charge in [0.05, 0.1) is 6.61 Å². The van der Waals surface area contributed by atoms with Crippen LogP contribution in [0.15, 0.2) is 0 Å². The number of carbonyl (C=O) groups is 2. The number of esters is 1. The lowest BCUT2D eigenvalue weighted by Gasteiger charge is -1.99. The zero-order valence-electron chi connectivity index (χ0n) is 9.46. The van der Waals surface area contributed by atoms with Gasteiger partial charge in [-0.25, -0.2) is 0 Å². The molecule has 84 valence electrons. The molecule has 0 aromatic heterocycles. The van der Waals surface area contributed by atoms with Gasteiger partial charge >= 0.3 is 5.97 Å². The van der Waals surface area contributed by atoms with Crippen molar-refractivity contribution in [2.45, 2.75) is 34.1 Å². The average molecular weight is 204 g/mol. The first-order valence-corrected chi connectivity index (χ1v) is 4.75. The predicted molar refractivity (Wildman–Crippen MR) is 54.1 cm³/mol. The van der Waals surface area contributed by atoms with E-state index in [9.17, 15) is 9.59 Å². The van der Waals surface area contributed by atoms with Gasteiger partial charge < -0.3 is 14.3 Å². The highest BCUT2D eigenvalue weighted by Crippen LogP contribution is 1.77. The normalized spacial score (nSPS) is 8.57. The molecule has 0 unspecified atom stereocenters. The van der Waals surface area contributed by atoms with Gasteiger partial charge in [-0.2, -0.15) is 0 Å². The van der Waals surface area contributed by atoms with Crippen LogP contribution in [0.5, 0.6) is 0 Å². The molecule has 14 heavy (non-hydrogen) atoms. The summed E-state index contributed by atoms with van der Waals surface area (Å²) < 4.78 is 9.49. The Bertz CT molecular complexity index is 154. The summed E-state index contributed by atoms with van der Waals surface area (Å²) in [5.74, 6) is -0.000275. The molecule has 0 fully saturated rings. The number of hydrogen-bond acceptors (Lipinski definition) is 4. The SMILES string of the molecule is CCC(C)=O.CCOCCOC(C)=O. The summed E-state index contributed by atoms with van der Waals surface area (Å²) in [6.07, 6.45) is 0.667. The smallest absolute Gasteiger partial charge is 0.302 e. The van der Waals surface area contributed by atoms with E-state index in [1.165, 1.54) is 6.92 Å². The Morgan fingerprint density at radius 2 is 1.57 bits per heavy atom. The third-order valence-corrected chi connectivity index (χ3v) is 1.24. The molecule has 0 aromatic carbocycles. The molecule has 4 heteroatoms. The molecule has 0 aliphatic carbocycles. The van der Waals surface area contributed by atoms with Crippen molar-refractivity contribution in [1.82, 2.24) is 0 Å². The second-order valence-corrected chi connectivity index (χ2v) is 2.59. The van der Waals surface area contributed by atoms with Crippen molar-refractivity contribution >= 4 is 11.8 Å². The van der Waals surface area contributed by atoms with Crippen LogP contribution < -0.4 is 0 Å². The molecule has 0 amide bonds. The molecule has 0 saturated heterocycles. The molecular formula is C10H20O4. The van der Waals surface area contributed by atoms with Crippen LogP contribution in [0.4, 0.5) is 0 Å². The average Bonchev–Trinajstić information content (AvgIpc) is 2.13. The topological polar surface area (TPSA) is 52.6 Å². The fourth-order valence-corrected chi connectivity index (χ4v) is 0.389. The van der Waals surface area contributed by atoms with E-state index in [0.717, 1.165) is 0 Å². The highest BCUT2D eigenvalue weighted by Gasteiger charge is 1.89. The third kappa shape index (κ3) is 22.5. The summed E-state index contributed by atoms with van der Waals surface area (Å²) in [6.45, 7) is 8.24. The van der Waals surface area contributed by atoms with Crippen molar-refractivity contribution in [2.75, 3.05) is 19.8 Å². The second-order valence-electron chi connectivity index (χ2n) is 2.59. The molecule has 0 aromatic rings. The predicted octanol–water partition coefficient (Wildman–Crippen LogP) is 1.57. The number of rotatable bonds is 5. The summed E-state index contributed by atoms with van der Waals surface area (Å²) >= 11 is 0. The van der Waals surface area contributed by atoms with E-state index < -0.39 is 0 Å². The van der Waals surface area contributed by atoms with Crippen LogP contribution in [-0.2, 0) is 19.1 Å². The summed E-state index contributed by atoms with van der Waals surface area (Å²) in [7, 11) is 0. The zero-order valence-corrected chi connectivity index (χ0v) is 9.46. The monoisotopic (exact) mass is 204 g/mol. The molecule has 0 atom stereocenters. The Hall–Kier alpha value is -0.900. The van der Waals surface area contributed by atoms with Crippen LogP contribution in [0.2, 0.25) is 0 Å². The Morgan fingerprint density at radius 1 is 1.07 bits per heavy atom. The first-order valence-electron chi connectivity index (χ1n) is 4.75. The standard InChI is InChI=1S/C6H12O3.C4H8O/c1-3-8-4-5-9-6(2)7;1-3-4(2)5/h3-5H2,1-2H3;3H2,1-2H3. The summed E-state index contributed by atoms with van der Waals surface area (Å²) in [5, 5.41) is 0. The third-order valence-electron chi connectivity index (χ3n) is 1.24. The first kappa shape index (κ1) is 15.6. The number of hydrogen-bond donors (Lipinski definition) is 0. The molecule has 0 rings (SSSR count). The first-order chi connectivity index (χ1) is 6.54. The maximum absolute atomic E-state index is 10.1. The largest absolute Gasteiger partial charge is 0.463 e. The summed E-state index contributed by atoms with van der Waals surface area (Å²) in [5.41, 5.74) is 0. The molecule has 0 heterocycles. The highest BCUT2D eigenvalue weighted by atomic mass is 16.6. The van der Waals surface area contributed by atoms with Gasteiger partial charge in [0.15, 0.2) is 0 Å². The molecule has 0 bridgehead atoms. The number of carbonyl (C=O) groups excluding carboxylic acids is 2. The minimum atomic E-state index is -0.255. The van der Waals surface area contributed by atoms with Gasteiger partial charge in [-0.15, -0.1) is 0 Å². The Kier molecular flexibility index (Phi) is 13.5. The fraction of sp³-hybridized carbons (Fsp3) is 0.800. The van der Waals surface area contributed by atoms with E-state index >= 15 is 0 Å². The van der Waals surface area contributed by atoms with Crippen molar-refractivity contribution in [3.63, 3.8) is 0 Å². The maximum atomic E-state index is 10.1. The number of ether oxygens (including phenoxy) is 2. The van der Waals surface area contributed by atoms with E-state index in [-0.39, 0.29) is 11.8 Å². The van der Waals surface area contributed by atoms with E-state index in [0.29, 0.717) is 26.2 Å². The van der Waals surface area contributed by atoms with Crippen molar-refractivity contribution in [3.05, 3.63) is 0 Å². The van der Waals surface area contributed by atoms with Gasteiger partial charge in [-0.1, -0.05) is 6.92 Å². The van der Waals surface area contributed by atoms with Crippen LogP contribution in [0, 0.1) is 0 Å². The van der Waals surface area contributed by atoms with Crippen LogP contribution in [0.1, 0.15) is 34.1 Å². The Morgan fingerprint density at radius 3 is 1.86 bits per heavy atom. The lowest BCUT2D eigenvalue weighted by molar-refractivity contribution is -0.142. The van der Waals surface area contributed by atoms with Crippen LogP contribution in [0.25, 0.3) is 0 Å². The second kappa shape index (κ2) is 12.1. The van der Waals surface area contributed by atoms with Crippen LogP contribution >= 0.6 is 0 Å². The molecule has 0 radical (unpaired) electrons. The maximum Gasteiger partial charge on any atom is 0.302 e. The van der Waals surface area contributed by atoms with E-state index in [2.05, 4.69) is 4.74 Å². The molecule has 0 aliphatic heterocycles. The van der Waals surface area contributed by atoms with Gasteiger partial charge in [0.25, 0.3) is 0 Å². The van der Waals surface area contributed by atoms with Crippen LogP contribution in [0.3, 0.4) is 0 Å². The van der Waals surface area contributed by atoms with Gasteiger partial charge in [0.2, 0.25) is 0 Å². The van der Waals surface area contributed by atoms with Crippen molar-refractivity contribution in [2.24, 2.45) is 0 Å². The Balaban J connectivity index is 0. The molecule has 4 nitrogen and oxygen atoms in total. The summed E-state index contributed by atoms with van der Waals surface area (Å²) in [6, 6.07) is 0. The summed E-state index contributed by atoms with van der Waals surface area (Å²) in [4.78, 5) is 19.9. The van der Waals surface area contributed by atoms with Crippen LogP contribution in [-0.4, -0.2) is 31.6 Å². The fourth-order valence-electron chi connectivity index (χ4n) is 0.389. The van der Waals surface area contributed by atoms with Gasteiger partial charge in [-0.05, 0) is 13.8 Å². The van der Waals surface area contributed by atoms with Crippen molar-refractivity contribution in [3.8, 4) is 0 Å². The zero-order chi connectivity index (χ0) is 11.4. The molecule has 0 spiro atoms. The Labute approximate surface area is 85.6 Å². The number of ketones is 1. The van der Waals surface area contributed by atoms with Crippen molar-refractivity contribution in [1.29, 1.82) is 0 Å². The lowest BCUT2D eigenvalue weighted by Crippen LogP contribution is -2.06. The van der Waals surface area contributed by atoms with Gasteiger partial charge in [0.1, 0.15) is 12.4 Å². The lowest BCUT2D eigenvalue weighted by atomic mass is 10.4. The van der Waals surface area contributed by atoms with Gasteiger partial charge in [-0.3, -0.25) is 4.79 Å². The number of Topliss-reactive ketones (excluding diaryl/α,β-unsaturated/α-hetero) is 1. The van der Waals surface area contributed by atoms with E-state index in [1.54, 1.807) is 6.92 Å². The molecule has 0 aliphatic rings. The quantitative estimate of drug-likeness (QED) is 0.504. The minimum Gasteiger partial charge on any atom is -0.463 e. The molecule has 0 N–H and O–H groups in total. The highest BCUT2D eigenvalue weighted by molar-refractivity contribution is 5.74. The molecule has 0 saturated carbocycles.